The lowest BCUT2D eigenvalue weighted by Gasteiger charge is -2.21. The Morgan fingerprint density at radius 2 is 1.90 bits per heavy atom. The van der Waals surface area contributed by atoms with Gasteiger partial charge in [0.15, 0.2) is 0 Å². The van der Waals surface area contributed by atoms with Gasteiger partial charge in [-0.2, -0.15) is 0 Å². The van der Waals surface area contributed by atoms with Crippen LogP contribution in [-0.2, 0) is 9.59 Å². The fourth-order valence-corrected chi connectivity index (χ4v) is 2.22. The highest BCUT2D eigenvalue weighted by molar-refractivity contribution is 5.94. The lowest BCUT2D eigenvalue weighted by atomic mass is 9.97. The zero-order valence-electron chi connectivity index (χ0n) is 11.7. The molecule has 0 radical (unpaired) electrons. The Hall–Kier alpha value is -1.66. The Kier molecular flexibility index (Phi) is 6.58. The maximum atomic E-state index is 13.5. The van der Waals surface area contributed by atoms with E-state index < -0.39 is 5.82 Å². The number of hydrogen-bond acceptors (Lipinski definition) is 3. The van der Waals surface area contributed by atoms with E-state index in [0.717, 1.165) is 25.9 Å². The van der Waals surface area contributed by atoms with Crippen LogP contribution in [0.5, 0.6) is 0 Å². The third-order valence-electron chi connectivity index (χ3n) is 3.25. The molecule has 1 fully saturated rings. The van der Waals surface area contributed by atoms with E-state index in [1.165, 1.54) is 25.1 Å². The van der Waals surface area contributed by atoms with Gasteiger partial charge in [-0.15, -0.1) is 12.4 Å². The molecule has 0 unspecified atom stereocenters. The van der Waals surface area contributed by atoms with Crippen LogP contribution in [0.25, 0.3) is 0 Å². The van der Waals surface area contributed by atoms with E-state index in [9.17, 15) is 14.0 Å². The van der Waals surface area contributed by atoms with Crippen molar-refractivity contribution in [3.05, 3.63) is 24.0 Å². The van der Waals surface area contributed by atoms with Crippen molar-refractivity contribution >= 4 is 35.6 Å². The predicted octanol–water partition coefficient (Wildman–Crippen LogP) is 2.14. The first-order valence-corrected chi connectivity index (χ1v) is 6.65. The van der Waals surface area contributed by atoms with Crippen LogP contribution in [0.4, 0.5) is 15.8 Å². The first kappa shape index (κ1) is 17.4. The fraction of sp³-hybridized carbons (Fsp3) is 0.429. The van der Waals surface area contributed by atoms with Crippen LogP contribution in [0.1, 0.15) is 19.8 Å². The van der Waals surface area contributed by atoms with Crippen LogP contribution in [0.15, 0.2) is 18.2 Å². The molecule has 0 spiro atoms. The molecule has 1 heterocycles. The summed E-state index contributed by atoms with van der Waals surface area (Å²) in [6.45, 7) is 2.97. The molecule has 0 atom stereocenters. The van der Waals surface area contributed by atoms with Crippen LogP contribution >= 0.6 is 12.4 Å². The monoisotopic (exact) mass is 315 g/mol. The Bertz CT molecular complexity index is 519. The zero-order chi connectivity index (χ0) is 14.5. The zero-order valence-corrected chi connectivity index (χ0v) is 12.6. The lowest BCUT2D eigenvalue weighted by Crippen LogP contribution is -2.34. The van der Waals surface area contributed by atoms with Gasteiger partial charge >= 0.3 is 0 Å². The number of carbonyl (C=O) groups is 2. The van der Waals surface area contributed by atoms with Crippen LogP contribution in [0.3, 0.4) is 0 Å². The highest BCUT2D eigenvalue weighted by Crippen LogP contribution is 2.21. The Morgan fingerprint density at radius 3 is 2.52 bits per heavy atom. The van der Waals surface area contributed by atoms with Crippen LogP contribution in [0, 0.1) is 11.7 Å². The molecule has 3 N–H and O–H groups in total. The van der Waals surface area contributed by atoms with Gasteiger partial charge in [-0.3, -0.25) is 9.59 Å². The molecule has 2 amide bonds. The van der Waals surface area contributed by atoms with E-state index in [4.69, 9.17) is 0 Å². The smallest absolute Gasteiger partial charge is 0.227 e. The number of piperidine rings is 1. The quantitative estimate of drug-likeness (QED) is 0.800. The molecule has 1 aromatic rings. The molecule has 1 aliphatic heterocycles. The number of carbonyl (C=O) groups excluding carboxylic acids is 2. The first-order chi connectivity index (χ1) is 9.56. The standard InChI is InChI=1S/C14H18FN3O2.ClH/c1-9(19)17-13-8-11(2-3-12(13)15)18-14(20)10-4-6-16-7-5-10;/h2-3,8,10,16H,4-7H2,1H3,(H,17,19)(H,18,20);1H. The van der Waals surface area contributed by atoms with Gasteiger partial charge in [0.1, 0.15) is 5.82 Å². The van der Waals surface area contributed by atoms with E-state index in [1.807, 2.05) is 0 Å². The van der Waals surface area contributed by atoms with Gasteiger partial charge in [0.25, 0.3) is 0 Å². The molecule has 1 aromatic carbocycles. The van der Waals surface area contributed by atoms with Crippen LogP contribution < -0.4 is 16.0 Å². The van der Waals surface area contributed by atoms with E-state index in [1.54, 1.807) is 0 Å². The van der Waals surface area contributed by atoms with Crippen LogP contribution in [0.2, 0.25) is 0 Å². The molecule has 21 heavy (non-hydrogen) atoms. The third-order valence-corrected chi connectivity index (χ3v) is 3.25. The maximum absolute atomic E-state index is 13.5. The van der Waals surface area contributed by atoms with Gasteiger partial charge in [0, 0.05) is 18.5 Å². The highest BCUT2D eigenvalue weighted by Gasteiger charge is 2.21. The molecule has 1 saturated heterocycles. The van der Waals surface area contributed by atoms with Gasteiger partial charge in [-0.25, -0.2) is 4.39 Å². The predicted molar refractivity (Wildman–Crippen MR) is 82.2 cm³/mol. The van der Waals surface area contributed by atoms with Gasteiger partial charge in [-0.1, -0.05) is 0 Å². The number of anilines is 2. The van der Waals surface area contributed by atoms with Gasteiger partial charge in [0.2, 0.25) is 11.8 Å². The molecule has 116 valence electrons. The summed E-state index contributed by atoms with van der Waals surface area (Å²) < 4.78 is 13.5. The molecular formula is C14H19ClFN3O2. The first-order valence-electron chi connectivity index (χ1n) is 6.65. The average molecular weight is 316 g/mol. The molecule has 1 aliphatic rings. The van der Waals surface area contributed by atoms with Gasteiger partial charge in [-0.05, 0) is 44.1 Å². The van der Waals surface area contributed by atoms with Crippen molar-refractivity contribution in [1.29, 1.82) is 0 Å². The number of hydrogen-bond donors (Lipinski definition) is 3. The molecule has 0 aromatic heterocycles. The number of nitrogens with one attached hydrogen (secondary N) is 3. The van der Waals surface area contributed by atoms with Crippen molar-refractivity contribution in [3.63, 3.8) is 0 Å². The SMILES string of the molecule is CC(=O)Nc1cc(NC(=O)C2CCNCC2)ccc1F.Cl. The van der Waals surface area contributed by atoms with E-state index >= 15 is 0 Å². The summed E-state index contributed by atoms with van der Waals surface area (Å²) in [5.41, 5.74) is 0.555. The number of benzene rings is 1. The summed E-state index contributed by atoms with van der Waals surface area (Å²) in [5.74, 6) is -0.969. The second-order valence-electron chi connectivity index (χ2n) is 4.89. The minimum atomic E-state index is -0.528. The molecular weight excluding hydrogens is 297 g/mol. The Morgan fingerprint density at radius 1 is 1.24 bits per heavy atom. The van der Waals surface area contributed by atoms with E-state index in [0.29, 0.717) is 5.69 Å². The second kappa shape index (κ2) is 7.95. The summed E-state index contributed by atoms with van der Waals surface area (Å²) >= 11 is 0. The Labute approximate surface area is 129 Å². The lowest BCUT2D eigenvalue weighted by molar-refractivity contribution is -0.120. The number of amides is 2. The maximum Gasteiger partial charge on any atom is 0.227 e. The largest absolute Gasteiger partial charge is 0.326 e. The van der Waals surface area contributed by atoms with Gasteiger partial charge in [0.05, 0.1) is 5.69 Å². The van der Waals surface area contributed by atoms with E-state index in [2.05, 4.69) is 16.0 Å². The molecule has 0 bridgehead atoms. The molecule has 0 saturated carbocycles. The van der Waals surface area contributed by atoms with E-state index in [-0.39, 0.29) is 35.8 Å². The van der Waals surface area contributed by atoms with Crippen molar-refractivity contribution in [3.8, 4) is 0 Å². The van der Waals surface area contributed by atoms with Crippen molar-refractivity contribution in [2.75, 3.05) is 23.7 Å². The summed E-state index contributed by atoms with van der Waals surface area (Å²) in [7, 11) is 0. The third kappa shape index (κ3) is 4.99. The molecule has 0 aliphatic carbocycles. The van der Waals surface area contributed by atoms with Crippen molar-refractivity contribution < 1.29 is 14.0 Å². The molecule has 2 rings (SSSR count). The number of halogens is 2. The average Bonchev–Trinajstić information content (AvgIpc) is 2.43. The summed E-state index contributed by atoms with van der Waals surface area (Å²) in [4.78, 5) is 23.0. The minimum absolute atomic E-state index is 0. The minimum Gasteiger partial charge on any atom is -0.326 e. The van der Waals surface area contributed by atoms with Crippen molar-refractivity contribution in [2.45, 2.75) is 19.8 Å². The van der Waals surface area contributed by atoms with Crippen molar-refractivity contribution in [1.82, 2.24) is 5.32 Å². The van der Waals surface area contributed by atoms with Crippen molar-refractivity contribution in [2.24, 2.45) is 5.92 Å². The molecule has 5 nitrogen and oxygen atoms in total. The van der Waals surface area contributed by atoms with Gasteiger partial charge < -0.3 is 16.0 Å². The second-order valence-corrected chi connectivity index (χ2v) is 4.89. The summed E-state index contributed by atoms with van der Waals surface area (Å²) in [5, 5.41) is 8.35. The summed E-state index contributed by atoms with van der Waals surface area (Å²) in [6.07, 6.45) is 1.59. The summed E-state index contributed by atoms with van der Waals surface area (Å²) in [6, 6.07) is 4.14. The normalized spacial score (nSPS) is 15.0. The fourth-order valence-electron chi connectivity index (χ4n) is 2.22. The topological polar surface area (TPSA) is 70.2 Å². The molecule has 7 heteroatoms. The van der Waals surface area contributed by atoms with Crippen LogP contribution in [-0.4, -0.2) is 24.9 Å². The number of rotatable bonds is 3. The highest BCUT2D eigenvalue weighted by atomic mass is 35.5. The Balaban J connectivity index is 0.00000220.